The molecule has 1 fully saturated rings. The van der Waals surface area contributed by atoms with Gasteiger partial charge >= 0.3 is 0 Å². The minimum Gasteiger partial charge on any atom is -0.497 e. The quantitative estimate of drug-likeness (QED) is 0.862. The maximum Gasteiger partial charge on any atom is 0.227 e. The van der Waals surface area contributed by atoms with Gasteiger partial charge in [0, 0.05) is 43.2 Å². The number of ether oxygens (including phenoxy) is 1. The van der Waals surface area contributed by atoms with E-state index < -0.39 is 0 Å². The molecule has 2 amide bonds. The number of nitrogens with zero attached hydrogens (tertiary/aromatic N) is 3. The van der Waals surface area contributed by atoms with E-state index in [0.717, 1.165) is 5.69 Å². The predicted octanol–water partition coefficient (Wildman–Crippen LogP) is 1.45. The summed E-state index contributed by atoms with van der Waals surface area (Å²) in [6, 6.07) is 9.09. The number of carbonyl (C=O) groups is 2. The largest absolute Gasteiger partial charge is 0.497 e. The molecule has 0 aliphatic carbocycles. The summed E-state index contributed by atoms with van der Waals surface area (Å²) in [5.41, 5.74) is 0.754. The second kappa shape index (κ2) is 7.38. The highest BCUT2D eigenvalue weighted by Gasteiger charge is 2.35. The lowest BCUT2D eigenvalue weighted by atomic mass is 10.1. The summed E-state index contributed by atoms with van der Waals surface area (Å²) >= 11 is 0. The molecule has 1 saturated heterocycles. The van der Waals surface area contributed by atoms with Crippen molar-refractivity contribution in [3.05, 3.63) is 42.7 Å². The van der Waals surface area contributed by atoms with Gasteiger partial charge < -0.3 is 15.0 Å². The molecule has 7 heteroatoms. The van der Waals surface area contributed by atoms with Crippen LogP contribution in [-0.4, -0.2) is 41.3 Å². The standard InChI is InChI=1S/C18H22N4O3/c1-13(11-21-8-4-7-19-21)20-18(24)14-9-17(23)22(12-14)15-5-3-6-16(10-15)25-2/h3-8,10,13-14H,9,11-12H2,1-2H3,(H,20,24)/t13-,14-/m0/s1. The molecule has 25 heavy (non-hydrogen) atoms. The second-order valence-electron chi connectivity index (χ2n) is 6.24. The van der Waals surface area contributed by atoms with Gasteiger partial charge in [0.25, 0.3) is 0 Å². The number of carbonyl (C=O) groups excluding carboxylic acids is 2. The molecular formula is C18H22N4O3. The van der Waals surface area contributed by atoms with Crippen LogP contribution in [0.1, 0.15) is 13.3 Å². The summed E-state index contributed by atoms with van der Waals surface area (Å²) < 4.78 is 6.97. The molecule has 1 aliphatic heterocycles. The Morgan fingerprint density at radius 1 is 1.44 bits per heavy atom. The van der Waals surface area contributed by atoms with Gasteiger partial charge in [-0.2, -0.15) is 5.10 Å². The van der Waals surface area contributed by atoms with Crippen molar-refractivity contribution < 1.29 is 14.3 Å². The topological polar surface area (TPSA) is 76.5 Å². The van der Waals surface area contributed by atoms with Gasteiger partial charge in [-0.3, -0.25) is 14.3 Å². The van der Waals surface area contributed by atoms with Crippen LogP contribution < -0.4 is 15.0 Å². The van der Waals surface area contributed by atoms with Gasteiger partial charge in [-0.15, -0.1) is 0 Å². The molecule has 0 spiro atoms. The fraction of sp³-hybridized carbons (Fsp3) is 0.389. The Kier molecular flexibility index (Phi) is 5.02. The lowest BCUT2D eigenvalue weighted by molar-refractivity contribution is -0.126. The van der Waals surface area contributed by atoms with Crippen LogP contribution in [0.5, 0.6) is 5.75 Å². The van der Waals surface area contributed by atoms with E-state index in [1.165, 1.54) is 0 Å². The SMILES string of the molecule is COc1cccc(N2C[C@@H](C(=O)N[C@@H](C)Cn3cccn3)CC2=O)c1. The van der Waals surface area contributed by atoms with Crippen LogP contribution in [-0.2, 0) is 16.1 Å². The van der Waals surface area contributed by atoms with Gasteiger partial charge in [-0.25, -0.2) is 0 Å². The average Bonchev–Trinajstić information content (AvgIpc) is 3.24. The van der Waals surface area contributed by atoms with Crippen LogP contribution in [0.4, 0.5) is 5.69 Å². The van der Waals surface area contributed by atoms with Gasteiger partial charge in [-0.1, -0.05) is 6.07 Å². The van der Waals surface area contributed by atoms with Crippen molar-refractivity contribution in [3.8, 4) is 5.75 Å². The van der Waals surface area contributed by atoms with E-state index in [1.807, 2.05) is 37.4 Å². The summed E-state index contributed by atoms with van der Waals surface area (Å²) in [6.07, 6.45) is 3.78. The van der Waals surface area contributed by atoms with E-state index >= 15 is 0 Å². The Bertz CT molecular complexity index is 745. The molecule has 0 saturated carbocycles. The van der Waals surface area contributed by atoms with Crippen molar-refractivity contribution >= 4 is 17.5 Å². The summed E-state index contributed by atoms with van der Waals surface area (Å²) in [4.78, 5) is 26.5. The maximum absolute atomic E-state index is 12.5. The van der Waals surface area contributed by atoms with Gasteiger partial charge in [0.15, 0.2) is 0 Å². The first-order chi connectivity index (χ1) is 12.1. The van der Waals surface area contributed by atoms with Gasteiger partial charge in [0.05, 0.1) is 19.6 Å². The third-order valence-corrected chi connectivity index (χ3v) is 4.27. The van der Waals surface area contributed by atoms with E-state index in [9.17, 15) is 9.59 Å². The smallest absolute Gasteiger partial charge is 0.227 e. The number of amides is 2. The van der Waals surface area contributed by atoms with Gasteiger partial charge in [0.1, 0.15) is 5.75 Å². The Balaban J connectivity index is 1.60. The number of aromatic nitrogens is 2. The van der Waals surface area contributed by atoms with Crippen molar-refractivity contribution in [1.29, 1.82) is 0 Å². The zero-order valence-corrected chi connectivity index (χ0v) is 14.4. The molecular weight excluding hydrogens is 320 g/mol. The van der Waals surface area contributed by atoms with Crippen molar-refractivity contribution in [2.45, 2.75) is 25.9 Å². The zero-order valence-electron chi connectivity index (χ0n) is 14.4. The van der Waals surface area contributed by atoms with Crippen molar-refractivity contribution in [2.24, 2.45) is 5.92 Å². The zero-order chi connectivity index (χ0) is 17.8. The molecule has 1 aromatic heterocycles. The van der Waals surface area contributed by atoms with E-state index in [-0.39, 0.29) is 30.2 Å². The number of hydrogen-bond acceptors (Lipinski definition) is 4. The van der Waals surface area contributed by atoms with Crippen molar-refractivity contribution in [1.82, 2.24) is 15.1 Å². The number of hydrogen-bond donors (Lipinski definition) is 1. The predicted molar refractivity (Wildman–Crippen MR) is 93.3 cm³/mol. The molecule has 2 atom stereocenters. The molecule has 0 radical (unpaired) electrons. The highest BCUT2D eigenvalue weighted by Crippen LogP contribution is 2.28. The number of methoxy groups -OCH3 is 1. The average molecular weight is 342 g/mol. The first kappa shape index (κ1) is 17.0. The lowest BCUT2D eigenvalue weighted by Crippen LogP contribution is -2.40. The molecule has 2 heterocycles. The van der Waals surface area contributed by atoms with E-state index in [1.54, 1.807) is 29.0 Å². The Hall–Kier alpha value is -2.83. The fourth-order valence-electron chi connectivity index (χ4n) is 3.01. The molecule has 7 nitrogen and oxygen atoms in total. The highest BCUT2D eigenvalue weighted by molar-refractivity contribution is 6.00. The highest BCUT2D eigenvalue weighted by atomic mass is 16.5. The minimum absolute atomic E-state index is 0.0480. The number of nitrogens with one attached hydrogen (secondary N) is 1. The first-order valence-electron chi connectivity index (χ1n) is 8.29. The molecule has 1 aromatic carbocycles. The van der Waals surface area contributed by atoms with Crippen LogP contribution in [0, 0.1) is 5.92 Å². The Morgan fingerprint density at radius 3 is 3.00 bits per heavy atom. The van der Waals surface area contributed by atoms with Crippen LogP contribution in [0.2, 0.25) is 0 Å². The van der Waals surface area contributed by atoms with Crippen LogP contribution in [0.25, 0.3) is 0 Å². The summed E-state index contributed by atoms with van der Waals surface area (Å²) in [5, 5.41) is 7.10. The van der Waals surface area contributed by atoms with E-state index in [4.69, 9.17) is 4.74 Å². The Morgan fingerprint density at radius 2 is 2.28 bits per heavy atom. The Labute approximate surface area is 146 Å². The third-order valence-electron chi connectivity index (χ3n) is 4.27. The number of rotatable bonds is 6. The summed E-state index contributed by atoms with van der Waals surface area (Å²) in [6.45, 7) is 2.90. The molecule has 0 unspecified atom stereocenters. The van der Waals surface area contributed by atoms with E-state index in [0.29, 0.717) is 18.8 Å². The van der Waals surface area contributed by atoms with E-state index in [2.05, 4.69) is 10.4 Å². The second-order valence-corrected chi connectivity index (χ2v) is 6.24. The van der Waals surface area contributed by atoms with Crippen LogP contribution in [0.3, 0.4) is 0 Å². The molecule has 3 rings (SSSR count). The third kappa shape index (κ3) is 3.99. The first-order valence-corrected chi connectivity index (χ1v) is 8.29. The van der Waals surface area contributed by atoms with Gasteiger partial charge in [0.2, 0.25) is 11.8 Å². The molecule has 0 bridgehead atoms. The molecule has 2 aromatic rings. The van der Waals surface area contributed by atoms with Gasteiger partial charge in [-0.05, 0) is 25.1 Å². The minimum atomic E-state index is -0.348. The number of benzene rings is 1. The molecule has 132 valence electrons. The summed E-state index contributed by atoms with van der Waals surface area (Å²) in [5.74, 6) is 0.191. The van der Waals surface area contributed by atoms with Crippen LogP contribution >= 0.6 is 0 Å². The maximum atomic E-state index is 12.5. The van der Waals surface area contributed by atoms with Crippen molar-refractivity contribution in [3.63, 3.8) is 0 Å². The number of anilines is 1. The van der Waals surface area contributed by atoms with Crippen molar-refractivity contribution in [2.75, 3.05) is 18.6 Å². The molecule has 1 aliphatic rings. The fourth-order valence-corrected chi connectivity index (χ4v) is 3.01. The monoisotopic (exact) mass is 342 g/mol. The molecule has 1 N–H and O–H groups in total. The lowest BCUT2D eigenvalue weighted by Gasteiger charge is -2.19. The normalized spacial score (nSPS) is 18.2. The summed E-state index contributed by atoms with van der Waals surface area (Å²) in [7, 11) is 1.59. The van der Waals surface area contributed by atoms with Crippen LogP contribution in [0.15, 0.2) is 42.7 Å².